The number of carbonyl (C=O) groups excluding carboxylic acids is 1. The predicted molar refractivity (Wildman–Crippen MR) is 116 cm³/mol. The van der Waals surface area contributed by atoms with Gasteiger partial charge in [-0.1, -0.05) is 30.3 Å². The first-order chi connectivity index (χ1) is 16.3. The zero-order valence-corrected chi connectivity index (χ0v) is 32.6. The number of carbonyl (C=O) groups is 1. The van der Waals surface area contributed by atoms with Gasteiger partial charge in [0, 0.05) is 28.5 Å². The Labute approximate surface area is 316 Å². The van der Waals surface area contributed by atoms with Crippen molar-refractivity contribution in [3.63, 3.8) is 0 Å². The third-order valence-electron chi connectivity index (χ3n) is 5.20. The van der Waals surface area contributed by atoms with E-state index in [1.807, 2.05) is 5.32 Å². The molecule has 0 radical (unpaired) electrons. The van der Waals surface area contributed by atoms with Crippen LogP contribution in [-0.2, 0) is 45.3 Å². The largest absolute Gasteiger partial charge is 1.00 e. The Morgan fingerprint density at radius 3 is 1.48 bits per heavy atom. The molecule has 0 unspecified atom stereocenters. The summed E-state index contributed by atoms with van der Waals surface area (Å²) in [6, 6.07) is 5.71. The van der Waals surface area contributed by atoms with Crippen LogP contribution in [0.4, 0.5) is 5.69 Å². The smallest absolute Gasteiger partial charge is 0.744 e. The normalized spacial score (nSPS) is 12.2. The van der Waals surface area contributed by atoms with Gasteiger partial charge in [-0.2, -0.15) is 0 Å². The minimum Gasteiger partial charge on any atom is -0.744 e. The molecule has 0 aromatic heterocycles. The van der Waals surface area contributed by atoms with E-state index < -0.39 is 87.8 Å². The van der Waals surface area contributed by atoms with E-state index in [0.717, 1.165) is 25.1 Å². The van der Waals surface area contributed by atoms with Crippen molar-refractivity contribution in [3.8, 4) is 0 Å². The molecule has 1 N–H and O–H groups in total. The van der Waals surface area contributed by atoms with Crippen LogP contribution < -0.4 is 124 Å². The molecule has 40 heavy (non-hydrogen) atoms. The quantitative estimate of drug-likeness (QED) is 0.118. The second-order valence-electron chi connectivity index (χ2n) is 7.46. The first kappa shape index (κ1) is 41.0. The molecule has 0 aliphatic carbocycles. The fraction of sp³-hybridized carbons (Fsp3) is 0.0556. The van der Waals surface area contributed by atoms with Crippen LogP contribution in [-0.4, -0.2) is 57.8 Å². The summed E-state index contributed by atoms with van der Waals surface area (Å²) in [6.07, 6.45) is 0. The summed E-state index contributed by atoms with van der Waals surface area (Å²) < 4.78 is 147. The molecule has 4 aromatic carbocycles. The average molecular weight is 667 g/mol. The van der Waals surface area contributed by atoms with Gasteiger partial charge in [-0.15, -0.1) is 0 Å². The van der Waals surface area contributed by atoms with E-state index in [-0.39, 0.29) is 134 Å². The minimum absolute atomic E-state index is 0. The summed E-state index contributed by atoms with van der Waals surface area (Å²) >= 11 is 0. The average Bonchev–Trinajstić information content (AvgIpc) is 2.67. The Morgan fingerprint density at radius 2 is 1.05 bits per heavy atom. The van der Waals surface area contributed by atoms with Crippen LogP contribution in [0.3, 0.4) is 0 Å². The summed E-state index contributed by atoms with van der Waals surface area (Å²) in [7, 11) is -24.6. The van der Waals surface area contributed by atoms with Gasteiger partial charge >= 0.3 is 118 Å². The third-order valence-corrected chi connectivity index (χ3v) is 9.11. The number of benzene rings is 4. The zero-order chi connectivity index (χ0) is 27.2. The molecule has 0 aliphatic rings. The fourth-order valence-corrected chi connectivity index (χ4v) is 8.65. The first-order valence-corrected chi connectivity index (χ1v) is 14.8. The van der Waals surface area contributed by atoms with Crippen molar-refractivity contribution in [2.75, 3.05) is 5.32 Å². The van der Waals surface area contributed by atoms with Crippen LogP contribution in [0.1, 0.15) is 6.92 Å². The molecule has 0 heterocycles. The maximum atomic E-state index is 12.4. The molecule has 4 rings (SSSR count). The molecular formula is C18H9NNa4O13S4. The van der Waals surface area contributed by atoms with Crippen LogP contribution in [0.2, 0.25) is 0 Å². The number of hydrogen-bond donors (Lipinski definition) is 1. The fourth-order valence-electron chi connectivity index (χ4n) is 4.22. The summed E-state index contributed by atoms with van der Waals surface area (Å²) in [6.45, 7) is 0.879. The maximum absolute atomic E-state index is 12.4. The van der Waals surface area contributed by atoms with Crippen molar-refractivity contribution < 1.29 is 175 Å². The number of amides is 1. The first-order valence-electron chi connectivity index (χ1n) is 9.18. The van der Waals surface area contributed by atoms with Crippen LogP contribution >= 0.6 is 0 Å². The standard InChI is InChI=1S/C18H13NO13S4.4Na/c1-7(20)19-14-9-4-2-3-8-5-6-10-12(11(8)9)13(16(14)34(24,25)26)17(35(27,28)29)18(36(30,31)32)15(10)33(21,22)23;;;;/h2-6H,1H3,(H,19,20)(H,21,22,23)(H,24,25,26)(H,27,28,29)(H,30,31,32);;;;/q;4*+1/p-4. The minimum atomic E-state index is -6.31. The van der Waals surface area contributed by atoms with Gasteiger partial charge in [0.1, 0.15) is 40.5 Å². The molecule has 0 aliphatic heterocycles. The van der Waals surface area contributed by atoms with Crippen molar-refractivity contribution in [2.45, 2.75) is 26.5 Å². The van der Waals surface area contributed by atoms with Gasteiger partial charge in [-0.3, -0.25) is 4.79 Å². The Hall–Kier alpha value is 1.03. The second kappa shape index (κ2) is 13.6. The molecule has 14 nitrogen and oxygen atoms in total. The van der Waals surface area contributed by atoms with Crippen LogP contribution in [0.25, 0.3) is 32.3 Å². The number of nitrogens with one attached hydrogen (secondary N) is 1. The van der Waals surface area contributed by atoms with E-state index in [1.54, 1.807) is 0 Å². The van der Waals surface area contributed by atoms with Crippen LogP contribution in [0, 0.1) is 0 Å². The van der Waals surface area contributed by atoms with Crippen molar-refractivity contribution in [2.24, 2.45) is 0 Å². The Kier molecular flexibility index (Phi) is 13.9. The Balaban J connectivity index is 0.00000380. The zero-order valence-electron chi connectivity index (χ0n) is 21.3. The van der Waals surface area contributed by atoms with Crippen molar-refractivity contribution in [1.29, 1.82) is 0 Å². The van der Waals surface area contributed by atoms with E-state index in [0.29, 0.717) is 0 Å². The molecule has 22 heteroatoms. The molecule has 1 amide bonds. The SMILES string of the molecule is CC(=O)Nc1c(S(=O)(=O)[O-])c2c(S(=O)(=O)[O-])c(S(=O)(=O)[O-])c(S(=O)(=O)[O-])c3ccc4cccc1c4c32.[Na+].[Na+].[Na+].[Na+]. The van der Waals surface area contributed by atoms with Crippen molar-refractivity contribution in [3.05, 3.63) is 30.3 Å². The van der Waals surface area contributed by atoms with E-state index in [2.05, 4.69) is 0 Å². The maximum Gasteiger partial charge on any atom is 1.00 e. The van der Waals surface area contributed by atoms with Gasteiger partial charge in [0.2, 0.25) is 5.91 Å². The molecule has 192 valence electrons. The molecule has 0 saturated heterocycles. The van der Waals surface area contributed by atoms with E-state index in [9.17, 15) is 56.7 Å². The Bertz CT molecular complexity index is 2100. The number of rotatable bonds is 5. The van der Waals surface area contributed by atoms with Gasteiger partial charge in [0.05, 0.1) is 25.3 Å². The monoisotopic (exact) mass is 667 g/mol. The summed E-state index contributed by atoms with van der Waals surface area (Å²) in [4.78, 5) is 3.77. The van der Waals surface area contributed by atoms with Crippen molar-refractivity contribution in [1.82, 2.24) is 0 Å². The van der Waals surface area contributed by atoms with E-state index in [1.165, 1.54) is 12.1 Å². The Morgan fingerprint density at radius 1 is 0.575 bits per heavy atom. The summed E-state index contributed by atoms with van der Waals surface area (Å²) in [5, 5.41) is -1.57. The summed E-state index contributed by atoms with van der Waals surface area (Å²) in [5.41, 5.74) is -0.861. The molecule has 0 bridgehead atoms. The molecule has 0 atom stereocenters. The predicted octanol–water partition coefficient (Wildman–Crippen LogP) is -11.8. The molecular weight excluding hydrogens is 658 g/mol. The topological polar surface area (TPSA) is 258 Å². The van der Waals surface area contributed by atoms with Crippen LogP contribution in [0.5, 0.6) is 0 Å². The van der Waals surface area contributed by atoms with E-state index >= 15 is 0 Å². The molecule has 0 spiro atoms. The van der Waals surface area contributed by atoms with Gasteiger partial charge < -0.3 is 23.5 Å². The molecule has 0 fully saturated rings. The van der Waals surface area contributed by atoms with Gasteiger partial charge in [-0.25, -0.2) is 33.7 Å². The van der Waals surface area contributed by atoms with Crippen LogP contribution in [0.15, 0.2) is 49.9 Å². The van der Waals surface area contributed by atoms with Gasteiger partial charge in [-0.05, 0) is 10.8 Å². The summed E-state index contributed by atoms with van der Waals surface area (Å²) in [5.74, 6) is -0.985. The molecule has 4 aromatic rings. The van der Waals surface area contributed by atoms with E-state index in [4.69, 9.17) is 0 Å². The second-order valence-corrected chi connectivity index (χ2v) is 12.7. The van der Waals surface area contributed by atoms with Gasteiger partial charge in [0.15, 0.2) is 0 Å². The number of anilines is 1. The number of hydrogen-bond acceptors (Lipinski definition) is 13. The van der Waals surface area contributed by atoms with Crippen molar-refractivity contribution >= 4 is 84.4 Å². The van der Waals surface area contributed by atoms with Gasteiger partial charge in [0.25, 0.3) is 0 Å². The molecule has 0 saturated carbocycles. The third kappa shape index (κ3) is 7.28.